The third-order valence-electron chi connectivity index (χ3n) is 5.99. The van der Waals surface area contributed by atoms with Gasteiger partial charge in [0.2, 0.25) is 0 Å². The third-order valence-corrected chi connectivity index (χ3v) is 7.70. The smallest absolute Gasteiger partial charge is 0.275 e. The van der Waals surface area contributed by atoms with Crippen molar-refractivity contribution < 1.29 is 19.0 Å². The first-order valence-electron chi connectivity index (χ1n) is 12.0. The number of nitrogens with one attached hydrogen (secondary N) is 2. The van der Waals surface area contributed by atoms with Gasteiger partial charge in [0.05, 0.1) is 43.3 Å². The van der Waals surface area contributed by atoms with Crippen molar-refractivity contribution in [1.82, 2.24) is 25.3 Å². The van der Waals surface area contributed by atoms with Crippen LogP contribution in [0.4, 0.5) is 0 Å². The van der Waals surface area contributed by atoms with Crippen molar-refractivity contribution in [1.29, 1.82) is 5.26 Å². The second-order valence-corrected chi connectivity index (χ2v) is 15.8. The summed E-state index contributed by atoms with van der Waals surface area (Å²) in [5, 5.41) is 13.7. The number of carbonyl (C=O) groups excluding carboxylic acids is 1. The maximum Gasteiger partial charge on any atom is 0.275 e. The highest BCUT2D eigenvalue weighted by molar-refractivity contribution is 6.76. The van der Waals surface area contributed by atoms with Crippen molar-refractivity contribution in [3.05, 3.63) is 53.7 Å². The predicted molar refractivity (Wildman–Crippen MR) is 132 cm³/mol. The molecule has 0 bridgehead atoms. The van der Waals surface area contributed by atoms with E-state index in [1.807, 2.05) is 23.4 Å². The molecule has 1 amide bonds. The summed E-state index contributed by atoms with van der Waals surface area (Å²) in [5.41, 5.74) is 5.21. The van der Waals surface area contributed by atoms with Crippen LogP contribution in [0.25, 0.3) is 0 Å². The van der Waals surface area contributed by atoms with E-state index >= 15 is 0 Å². The second-order valence-electron chi connectivity index (χ2n) is 10.2. The summed E-state index contributed by atoms with van der Waals surface area (Å²) in [5.74, 6) is 0.392. The highest BCUT2D eigenvalue weighted by Crippen LogP contribution is 2.30. The molecule has 10 nitrogen and oxygen atoms in total. The Morgan fingerprint density at radius 2 is 2.23 bits per heavy atom. The fourth-order valence-corrected chi connectivity index (χ4v) is 4.74. The fourth-order valence-electron chi connectivity index (χ4n) is 3.99. The van der Waals surface area contributed by atoms with Gasteiger partial charge in [-0.05, 0) is 31.0 Å². The number of nitrogens with zero attached hydrogens (tertiary/aromatic N) is 4. The van der Waals surface area contributed by atoms with Gasteiger partial charge in [0.1, 0.15) is 30.5 Å². The molecule has 0 aliphatic carbocycles. The molecule has 4 rings (SSSR count). The third kappa shape index (κ3) is 6.82. The molecule has 35 heavy (non-hydrogen) atoms. The van der Waals surface area contributed by atoms with E-state index in [2.05, 4.69) is 41.4 Å². The molecule has 188 valence electrons. The molecule has 4 heterocycles. The molecule has 1 fully saturated rings. The minimum Gasteiger partial charge on any atom is -0.485 e. The van der Waals surface area contributed by atoms with Gasteiger partial charge in [0.15, 0.2) is 0 Å². The maximum atomic E-state index is 12.9. The van der Waals surface area contributed by atoms with Gasteiger partial charge in [-0.3, -0.25) is 9.80 Å². The first-order valence-corrected chi connectivity index (χ1v) is 15.7. The Morgan fingerprint density at radius 3 is 2.97 bits per heavy atom. The van der Waals surface area contributed by atoms with Crippen LogP contribution in [0, 0.1) is 11.3 Å². The Bertz CT molecular complexity index is 1040. The first-order chi connectivity index (χ1) is 16.8. The molecule has 0 saturated carbocycles. The van der Waals surface area contributed by atoms with Crippen LogP contribution in [0.1, 0.15) is 29.8 Å². The molecule has 2 atom stereocenters. The van der Waals surface area contributed by atoms with Crippen molar-refractivity contribution >= 4 is 14.0 Å². The van der Waals surface area contributed by atoms with Crippen molar-refractivity contribution in [3.63, 3.8) is 0 Å². The lowest BCUT2D eigenvalue weighted by atomic mass is 10.0. The van der Waals surface area contributed by atoms with Gasteiger partial charge in [-0.1, -0.05) is 19.6 Å². The zero-order valence-electron chi connectivity index (χ0n) is 20.6. The maximum absolute atomic E-state index is 12.9. The van der Waals surface area contributed by atoms with Crippen LogP contribution in [-0.4, -0.2) is 60.5 Å². The number of allylic oxidation sites excluding steroid dienone is 2. The van der Waals surface area contributed by atoms with Crippen LogP contribution in [-0.2, 0) is 20.9 Å². The Kier molecular flexibility index (Phi) is 8.07. The van der Waals surface area contributed by atoms with Gasteiger partial charge in [-0.25, -0.2) is 10.4 Å². The molecule has 2 N–H and O–H groups in total. The van der Waals surface area contributed by atoms with Crippen LogP contribution in [0.2, 0.25) is 25.7 Å². The Hall–Kier alpha value is -2.91. The molecule has 0 spiro atoms. The summed E-state index contributed by atoms with van der Waals surface area (Å²) in [4.78, 5) is 17.2. The summed E-state index contributed by atoms with van der Waals surface area (Å²) in [7, 11) is -1.14. The lowest BCUT2D eigenvalue weighted by Gasteiger charge is -2.34. The van der Waals surface area contributed by atoms with E-state index in [0.717, 1.165) is 24.6 Å². The second kappa shape index (κ2) is 11.2. The van der Waals surface area contributed by atoms with Gasteiger partial charge in [0, 0.05) is 27.1 Å². The van der Waals surface area contributed by atoms with Crippen molar-refractivity contribution in [2.45, 2.75) is 63.8 Å². The quantitative estimate of drug-likeness (QED) is 0.374. The van der Waals surface area contributed by atoms with E-state index < -0.39 is 8.07 Å². The predicted octanol–water partition coefficient (Wildman–Crippen LogP) is 2.85. The first kappa shape index (κ1) is 25.2. The summed E-state index contributed by atoms with van der Waals surface area (Å²) >= 11 is 0. The zero-order valence-corrected chi connectivity index (χ0v) is 21.6. The largest absolute Gasteiger partial charge is 0.485 e. The van der Waals surface area contributed by atoms with Gasteiger partial charge in [0.25, 0.3) is 5.91 Å². The van der Waals surface area contributed by atoms with Gasteiger partial charge < -0.3 is 24.1 Å². The molecule has 11 heteroatoms. The van der Waals surface area contributed by atoms with E-state index in [0.29, 0.717) is 43.5 Å². The summed E-state index contributed by atoms with van der Waals surface area (Å²) < 4.78 is 19.1. The van der Waals surface area contributed by atoms with Gasteiger partial charge in [-0.2, -0.15) is 5.26 Å². The summed E-state index contributed by atoms with van der Waals surface area (Å²) in [6.45, 7) is 8.80. The molecule has 1 aromatic rings. The highest BCUT2D eigenvalue weighted by atomic mass is 28.3. The Morgan fingerprint density at radius 1 is 1.37 bits per heavy atom. The Labute approximate surface area is 207 Å². The molecular formula is C24H34N6O4Si. The summed E-state index contributed by atoms with van der Waals surface area (Å²) in [6.07, 6.45) is 11.1. The van der Waals surface area contributed by atoms with E-state index in [-0.39, 0.29) is 24.7 Å². The standard InChI is InChI=1S/C24H34N6O4Si/c1-35(2,3)12-11-32-17-29-13-20(26-16-29)24(31)27-21-15-34-22-5-4-10-30(23(21)22)28-18-6-7-19(8-9-25)33-14-18/h4-5,10,13,16,18-19,28H,6-8,11-12,14-15,17H2,1-3H3,(H,27,31)/t18-,19+/m0/s1. The molecule has 0 unspecified atom stereocenters. The number of ether oxygens (including phenoxy) is 3. The number of imidazole rings is 1. The minimum atomic E-state index is -1.14. The van der Waals surface area contributed by atoms with E-state index in [9.17, 15) is 4.79 Å². The average Bonchev–Trinajstić information content (AvgIpc) is 3.46. The van der Waals surface area contributed by atoms with E-state index in [1.165, 1.54) is 0 Å². The molecule has 1 aromatic heterocycles. The monoisotopic (exact) mass is 498 g/mol. The van der Waals surface area contributed by atoms with Crippen LogP contribution >= 0.6 is 0 Å². The van der Waals surface area contributed by atoms with Crippen LogP contribution < -0.4 is 10.7 Å². The lowest BCUT2D eigenvalue weighted by molar-refractivity contribution is -0.0108. The normalized spacial score (nSPS) is 21.9. The van der Waals surface area contributed by atoms with Gasteiger partial charge >= 0.3 is 0 Å². The van der Waals surface area contributed by atoms with E-state index in [4.69, 9.17) is 19.5 Å². The molecule has 3 aliphatic rings. The highest BCUT2D eigenvalue weighted by Gasteiger charge is 2.31. The number of hydrogen-bond acceptors (Lipinski definition) is 8. The number of fused-ring (bicyclic) bond motifs is 1. The van der Waals surface area contributed by atoms with Crippen molar-refractivity contribution in [2.75, 3.05) is 19.8 Å². The lowest BCUT2D eigenvalue weighted by Crippen LogP contribution is -2.47. The number of aromatic nitrogens is 2. The fraction of sp³-hybridized carbons (Fsp3) is 0.542. The number of rotatable bonds is 10. The number of amides is 1. The molecule has 3 aliphatic heterocycles. The van der Waals surface area contributed by atoms with Crippen molar-refractivity contribution in [2.24, 2.45) is 0 Å². The molecule has 0 radical (unpaired) electrons. The van der Waals surface area contributed by atoms with Gasteiger partial charge in [-0.15, -0.1) is 0 Å². The number of nitriles is 1. The van der Waals surface area contributed by atoms with Crippen LogP contribution in [0.3, 0.4) is 0 Å². The Balaban J connectivity index is 1.34. The number of carbonyl (C=O) groups is 1. The van der Waals surface area contributed by atoms with Crippen molar-refractivity contribution in [3.8, 4) is 6.07 Å². The summed E-state index contributed by atoms with van der Waals surface area (Å²) in [6, 6.07) is 3.35. The topological polar surface area (TPSA) is 114 Å². The number of hydrogen-bond donors (Lipinski definition) is 2. The number of hydrazine groups is 1. The molecule has 1 saturated heterocycles. The van der Waals surface area contributed by atoms with E-state index in [1.54, 1.807) is 17.1 Å². The molecule has 0 aromatic carbocycles. The van der Waals surface area contributed by atoms with Crippen LogP contribution in [0.15, 0.2) is 48.0 Å². The minimum absolute atomic E-state index is 0.000156. The molecular weight excluding hydrogens is 464 g/mol. The van der Waals surface area contributed by atoms with Crippen LogP contribution in [0.5, 0.6) is 0 Å². The average molecular weight is 499 g/mol. The zero-order chi connectivity index (χ0) is 24.8. The SMILES string of the molecule is C[Si](C)(C)CCOCn1cnc(C(=O)NC2=C3C(=CC=CN3N[C@H]3CC[C@H](CC#N)OC3)OC2)c1.